The Morgan fingerprint density at radius 3 is 2.42 bits per heavy atom. The maximum absolute atomic E-state index is 13.5. The van der Waals surface area contributed by atoms with Crippen LogP contribution in [-0.2, 0) is 11.8 Å². The third-order valence-corrected chi connectivity index (χ3v) is 7.63. The number of amides is 1. The van der Waals surface area contributed by atoms with Crippen LogP contribution in [0.25, 0.3) is 22.0 Å². The molecule has 1 fully saturated rings. The normalized spacial score (nSPS) is 14.9. The predicted octanol–water partition coefficient (Wildman–Crippen LogP) is 6.04. The molecule has 1 unspecified atom stereocenters. The third kappa shape index (κ3) is 5.19. The van der Waals surface area contributed by atoms with Gasteiger partial charge < -0.3 is 14.4 Å². The zero-order chi connectivity index (χ0) is 27.8. The fraction of sp³-hybridized carbons (Fsp3) is 0.200. The summed E-state index contributed by atoms with van der Waals surface area (Å²) in [5.74, 6) is 0.321. The molecule has 204 valence electrons. The molecular formula is C30H27Cl2N5O3. The first-order chi connectivity index (χ1) is 19.4. The highest BCUT2D eigenvalue weighted by Gasteiger charge is 2.25. The third-order valence-electron chi connectivity index (χ3n) is 7.14. The van der Waals surface area contributed by atoms with E-state index in [0.717, 1.165) is 33.2 Å². The van der Waals surface area contributed by atoms with E-state index in [-0.39, 0.29) is 17.8 Å². The van der Waals surface area contributed by atoms with Crippen LogP contribution in [0.3, 0.4) is 0 Å². The lowest BCUT2D eigenvalue weighted by Crippen LogP contribution is -2.49. The van der Waals surface area contributed by atoms with Crippen molar-refractivity contribution in [2.24, 2.45) is 7.05 Å². The number of rotatable bonds is 5. The Kier molecular flexibility index (Phi) is 7.25. The number of morpholine rings is 1. The average Bonchev–Trinajstić information content (AvgIpc) is 3.49. The van der Waals surface area contributed by atoms with Crippen LogP contribution in [0.5, 0.6) is 5.88 Å². The van der Waals surface area contributed by atoms with E-state index in [0.29, 0.717) is 42.2 Å². The number of fused-ring (bicyclic) bond motifs is 1. The van der Waals surface area contributed by atoms with Gasteiger partial charge in [0.1, 0.15) is 5.82 Å². The molecule has 3 aromatic carbocycles. The minimum absolute atomic E-state index is 0.0527. The van der Waals surface area contributed by atoms with Gasteiger partial charge in [-0.3, -0.25) is 9.99 Å². The summed E-state index contributed by atoms with van der Waals surface area (Å²) < 4.78 is 8.86. The molecule has 8 nitrogen and oxygen atoms in total. The Morgan fingerprint density at radius 1 is 0.975 bits per heavy atom. The van der Waals surface area contributed by atoms with Crippen molar-refractivity contribution in [2.75, 3.05) is 26.3 Å². The summed E-state index contributed by atoms with van der Waals surface area (Å²) in [5, 5.41) is 14.2. The molecule has 10 heteroatoms. The van der Waals surface area contributed by atoms with Crippen molar-refractivity contribution in [3.05, 3.63) is 106 Å². The first-order valence-electron chi connectivity index (χ1n) is 12.9. The van der Waals surface area contributed by atoms with E-state index >= 15 is 0 Å². The molecule has 2 N–H and O–H groups in total. The van der Waals surface area contributed by atoms with Gasteiger partial charge in [-0.05, 0) is 53.1 Å². The number of nitrogens with zero attached hydrogens (tertiary/aromatic N) is 4. The van der Waals surface area contributed by atoms with Crippen molar-refractivity contribution in [3.63, 3.8) is 0 Å². The van der Waals surface area contributed by atoms with E-state index < -0.39 is 0 Å². The van der Waals surface area contributed by atoms with Crippen molar-refractivity contribution in [3.8, 4) is 17.0 Å². The second-order valence-electron chi connectivity index (χ2n) is 9.77. The molecule has 0 bridgehead atoms. The molecule has 5 aromatic rings. The van der Waals surface area contributed by atoms with Gasteiger partial charge in [-0.1, -0.05) is 53.5 Å². The van der Waals surface area contributed by atoms with Gasteiger partial charge in [0, 0.05) is 47.3 Å². The molecule has 3 heterocycles. The van der Waals surface area contributed by atoms with Crippen LogP contribution < -0.4 is 5.43 Å². The second-order valence-corrected chi connectivity index (χ2v) is 10.6. The Hall–Kier alpha value is -3.82. The van der Waals surface area contributed by atoms with Crippen LogP contribution in [0.1, 0.15) is 22.9 Å². The first-order valence-corrected chi connectivity index (χ1v) is 13.7. The van der Waals surface area contributed by atoms with E-state index in [2.05, 4.69) is 16.5 Å². The summed E-state index contributed by atoms with van der Waals surface area (Å²) in [6.07, 6.45) is 3.43. The van der Waals surface area contributed by atoms with Crippen LogP contribution in [-0.4, -0.2) is 56.6 Å². The van der Waals surface area contributed by atoms with Crippen molar-refractivity contribution in [1.29, 1.82) is 0 Å². The number of aromatic hydroxyl groups is 1. The van der Waals surface area contributed by atoms with Crippen LogP contribution in [0.15, 0.2) is 79.1 Å². The van der Waals surface area contributed by atoms with Gasteiger partial charge in [0.2, 0.25) is 5.88 Å². The minimum atomic E-state index is -0.301. The number of hydrogen-bond donors (Lipinski definition) is 2. The predicted molar refractivity (Wildman–Crippen MR) is 156 cm³/mol. The highest BCUT2D eigenvalue weighted by molar-refractivity contribution is 6.31. The smallest absolute Gasteiger partial charge is 0.340 e. The fourth-order valence-electron chi connectivity index (χ4n) is 5.22. The van der Waals surface area contributed by atoms with E-state index in [1.54, 1.807) is 10.8 Å². The van der Waals surface area contributed by atoms with Gasteiger partial charge in [0.15, 0.2) is 0 Å². The van der Waals surface area contributed by atoms with Gasteiger partial charge in [0.05, 0.1) is 30.8 Å². The lowest BCUT2D eigenvalue weighted by molar-refractivity contribution is 0.0197. The molecule has 0 saturated carbocycles. The Morgan fingerprint density at radius 2 is 1.73 bits per heavy atom. The topological polar surface area (TPSA) is 84.5 Å². The zero-order valence-electron chi connectivity index (χ0n) is 21.7. The van der Waals surface area contributed by atoms with E-state index in [9.17, 15) is 9.90 Å². The van der Waals surface area contributed by atoms with Gasteiger partial charge in [-0.25, -0.2) is 9.80 Å². The van der Waals surface area contributed by atoms with Crippen LogP contribution in [0, 0.1) is 0 Å². The number of hydrazine groups is 1. The molecule has 0 radical (unpaired) electrons. The molecule has 1 aliphatic rings. The largest absolute Gasteiger partial charge is 0.492 e. The molecule has 2 aromatic heterocycles. The lowest BCUT2D eigenvalue weighted by atomic mass is 9.89. The molecule has 1 saturated heterocycles. The fourth-order valence-corrected chi connectivity index (χ4v) is 5.54. The molecule has 1 aliphatic heterocycles. The number of halogens is 2. The van der Waals surface area contributed by atoms with Crippen LogP contribution >= 0.6 is 23.2 Å². The summed E-state index contributed by atoms with van der Waals surface area (Å²) >= 11 is 12.6. The van der Waals surface area contributed by atoms with E-state index in [4.69, 9.17) is 27.9 Å². The SMILES string of the molecule is Cn1cc(O)nc1C(c1ccc(Cl)cc1)c1ccc2c(c1)c(-c1cccc(Cl)c1)cn2C(=O)NN1CCOCC1. The van der Waals surface area contributed by atoms with E-state index in [1.807, 2.05) is 83.5 Å². The number of ether oxygens (including phenoxy) is 1. The Bertz CT molecular complexity index is 1690. The maximum atomic E-state index is 13.5. The van der Waals surface area contributed by atoms with Crippen molar-refractivity contribution in [1.82, 2.24) is 24.6 Å². The number of carbonyl (C=O) groups excluding carboxylic acids is 1. The molecule has 1 atom stereocenters. The average molecular weight is 576 g/mol. The number of carbonyl (C=O) groups is 1. The van der Waals surface area contributed by atoms with Crippen molar-refractivity contribution >= 4 is 40.1 Å². The summed E-state index contributed by atoms with van der Waals surface area (Å²) in [6.45, 7) is 2.38. The minimum Gasteiger partial charge on any atom is -0.492 e. The van der Waals surface area contributed by atoms with Gasteiger partial charge in [-0.2, -0.15) is 4.98 Å². The number of hydrogen-bond acceptors (Lipinski definition) is 5. The van der Waals surface area contributed by atoms with Gasteiger partial charge in [-0.15, -0.1) is 0 Å². The number of nitrogens with one attached hydrogen (secondary N) is 1. The quantitative estimate of drug-likeness (QED) is 0.267. The lowest BCUT2D eigenvalue weighted by Gasteiger charge is -2.27. The maximum Gasteiger partial charge on any atom is 0.340 e. The second kappa shape index (κ2) is 11.0. The number of aromatic nitrogens is 3. The standard InChI is InChI=1S/C30H27Cl2N5O3/c1-35-18-27(38)33-29(35)28(19-5-8-22(31)9-6-19)21-7-10-26-24(16-21)25(20-3-2-4-23(32)15-20)17-37(26)30(39)34-36-11-13-40-14-12-36/h2-10,15-18,28,38H,11-14H2,1H3,(H,34,39). The summed E-state index contributed by atoms with van der Waals surface area (Å²) in [4.78, 5) is 17.9. The van der Waals surface area contributed by atoms with Gasteiger partial charge in [0.25, 0.3) is 0 Å². The van der Waals surface area contributed by atoms with Crippen molar-refractivity contribution in [2.45, 2.75) is 5.92 Å². The Balaban J connectivity index is 1.51. The number of imidazole rings is 1. The zero-order valence-corrected chi connectivity index (χ0v) is 23.2. The Labute approximate surface area is 241 Å². The number of aryl methyl sites for hydroxylation is 1. The molecule has 0 spiro atoms. The summed E-state index contributed by atoms with van der Waals surface area (Å²) in [5.41, 5.74) is 7.43. The van der Waals surface area contributed by atoms with Crippen LogP contribution in [0.2, 0.25) is 10.0 Å². The number of benzene rings is 3. The molecule has 0 aliphatic carbocycles. The highest BCUT2D eigenvalue weighted by Crippen LogP contribution is 2.38. The monoisotopic (exact) mass is 575 g/mol. The first kappa shape index (κ1) is 26.4. The van der Waals surface area contributed by atoms with Crippen LogP contribution in [0.4, 0.5) is 4.79 Å². The molecule has 40 heavy (non-hydrogen) atoms. The van der Waals surface area contributed by atoms with E-state index in [1.165, 1.54) is 0 Å². The van der Waals surface area contributed by atoms with Gasteiger partial charge >= 0.3 is 6.03 Å². The highest BCUT2D eigenvalue weighted by atomic mass is 35.5. The summed E-state index contributed by atoms with van der Waals surface area (Å²) in [7, 11) is 1.85. The summed E-state index contributed by atoms with van der Waals surface area (Å²) in [6, 6.07) is 21.0. The molecule has 1 amide bonds. The molecule has 6 rings (SSSR count). The van der Waals surface area contributed by atoms with Crippen molar-refractivity contribution < 1.29 is 14.6 Å². The molecular weight excluding hydrogens is 549 g/mol.